The zero-order valence-electron chi connectivity index (χ0n) is 14.8. The number of hydrogen-bond donors (Lipinski definition) is 1. The second-order valence-electron chi connectivity index (χ2n) is 6.46. The number of oxazole rings is 1. The number of ether oxygens (including phenoxy) is 1. The Labute approximate surface area is 151 Å². The molecular weight excluding hydrogens is 336 g/mol. The van der Waals surface area contributed by atoms with Crippen LogP contribution in [0.1, 0.15) is 24.9 Å². The van der Waals surface area contributed by atoms with Crippen molar-refractivity contribution in [3.8, 4) is 11.3 Å². The predicted octanol–water partition coefficient (Wildman–Crippen LogP) is 2.28. The molecule has 1 fully saturated rings. The molecule has 0 saturated carbocycles. The average molecular weight is 358 g/mol. The third-order valence-corrected chi connectivity index (χ3v) is 4.32. The van der Waals surface area contributed by atoms with E-state index >= 15 is 0 Å². The number of rotatable bonds is 5. The van der Waals surface area contributed by atoms with Gasteiger partial charge in [-0.1, -0.05) is 30.3 Å². The molecule has 0 bridgehead atoms. The Kier molecular flexibility index (Phi) is 5.37. The fraction of sp³-hybridized carbons (Fsp3) is 0.421. The summed E-state index contributed by atoms with van der Waals surface area (Å²) in [7, 11) is 0. The van der Waals surface area contributed by atoms with E-state index in [4.69, 9.17) is 14.3 Å². The smallest absolute Gasteiger partial charge is 0.334 e. The monoisotopic (exact) mass is 358 g/mol. The lowest BCUT2D eigenvalue weighted by Gasteiger charge is -2.34. The van der Waals surface area contributed by atoms with Crippen molar-refractivity contribution in [2.24, 2.45) is 0 Å². The van der Waals surface area contributed by atoms with Gasteiger partial charge in [-0.3, -0.25) is 4.79 Å². The van der Waals surface area contributed by atoms with Gasteiger partial charge in [-0.25, -0.2) is 9.78 Å². The number of carbonyl (C=O) groups is 2. The standard InChI is InChI=1S/C19H22N2O5/c1-12-10-21(11-15(25-12)19(23)24)17(22)9-8-16-20-13(2)18(26-16)14-6-4-3-5-7-14/h3-7,12,15H,8-11H2,1-2H3,(H,23,24)/t12-,15?/m1/s1. The lowest BCUT2D eigenvalue weighted by atomic mass is 10.1. The molecule has 1 saturated heterocycles. The van der Waals surface area contributed by atoms with Crippen LogP contribution in [0.3, 0.4) is 0 Å². The minimum Gasteiger partial charge on any atom is -0.479 e. The van der Waals surface area contributed by atoms with Gasteiger partial charge in [-0.05, 0) is 13.8 Å². The van der Waals surface area contributed by atoms with Crippen LogP contribution >= 0.6 is 0 Å². The first-order chi connectivity index (χ1) is 12.4. The van der Waals surface area contributed by atoms with E-state index in [0.29, 0.717) is 24.6 Å². The highest BCUT2D eigenvalue weighted by Gasteiger charge is 2.32. The number of carbonyl (C=O) groups excluding carboxylic acids is 1. The molecule has 0 aliphatic carbocycles. The molecule has 0 spiro atoms. The molecule has 1 unspecified atom stereocenters. The van der Waals surface area contributed by atoms with Crippen LogP contribution in [-0.4, -0.2) is 52.2 Å². The number of carboxylic acids is 1. The van der Waals surface area contributed by atoms with Crippen LogP contribution in [0.25, 0.3) is 11.3 Å². The van der Waals surface area contributed by atoms with Crippen molar-refractivity contribution in [1.29, 1.82) is 0 Å². The molecule has 2 atom stereocenters. The van der Waals surface area contributed by atoms with Crippen molar-refractivity contribution < 1.29 is 23.8 Å². The first-order valence-electron chi connectivity index (χ1n) is 8.62. The first kappa shape index (κ1) is 18.1. The SMILES string of the molecule is Cc1nc(CCC(=O)N2CC(C(=O)O)O[C@H](C)C2)oc1-c1ccccc1. The van der Waals surface area contributed by atoms with E-state index < -0.39 is 12.1 Å². The van der Waals surface area contributed by atoms with Crippen LogP contribution in [0.15, 0.2) is 34.7 Å². The molecular formula is C19H22N2O5. The summed E-state index contributed by atoms with van der Waals surface area (Å²) >= 11 is 0. The summed E-state index contributed by atoms with van der Waals surface area (Å²) in [6, 6.07) is 9.69. The van der Waals surface area contributed by atoms with Gasteiger partial charge in [-0.2, -0.15) is 0 Å². The fourth-order valence-electron chi connectivity index (χ4n) is 3.08. The van der Waals surface area contributed by atoms with E-state index in [2.05, 4.69) is 4.98 Å². The number of hydrogen-bond acceptors (Lipinski definition) is 5. The molecule has 0 radical (unpaired) electrons. The van der Waals surface area contributed by atoms with Crippen molar-refractivity contribution >= 4 is 11.9 Å². The van der Waals surface area contributed by atoms with Crippen LogP contribution < -0.4 is 0 Å². The summed E-state index contributed by atoms with van der Waals surface area (Å²) in [6.07, 6.45) is -0.692. The molecule has 1 amide bonds. The third kappa shape index (κ3) is 4.11. The number of morpholine rings is 1. The molecule has 2 aromatic rings. The zero-order valence-corrected chi connectivity index (χ0v) is 14.8. The first-order valence-corrected chi connectivity index (χ1v) is 8.62. The van der Waals surface area contributed by atoms with E-state index in [1.54, 1.807) is 11.8 Å². The number of aromatic nitrogens is 1. The molecule has 1 aliphatic heterocycles. The van der Waals surface area contributed by atoms with Gasteiger partial charge in [0.2, 0.25) is 5.91 Å². The Morgan fingerprint density at radius 3 is 2.69 bits per heavy atom. The number of carboxylic acid groups (broad SMARTS) is 1. The predicted molar refractivity (Wildman–Crippen MR) is 93.5 cm³/mol. The molecule has 1 N–H and O–H groups in total. The van der Waals surface area contributed by atoms with Gasteiger partial charge in [-0.15, -0.1) is 0 Å². The summed E-state index contributed by atoms with van der Waals surface area (Å²) in [6.45, 7) is 4.10. The van der Waals surface area contributed by atoms with Crippen LogP contribution in [0, 0.1) is 6.92 Å². The highest BCUT2D eigenvalue weighted by Crippen LogP contribution is 2.24. The minimum atomic E-state index is -1.05. The summed E-state index contributed by atoms with van der Waals surface area (Å²) in [5.41, 5.74) is 1.73. The summed E-state index contributed by atoms with van der Waals surface area (Å²) < 4.78 is 11.2. The molecule has 7 heteroatoms. The lowest BCUT2D eigenvalue weighted by molar-refractivity contribution is -0.166. The minimum absolute atomic E-state index is 0.0678. The zero-order chi connectivity index (χ0) is 18.7. The summed E-state index contributed by atoms with van der Waals surface area (Å²) in [5, 5.41) is 9.12. The number of amides is 1. The second kappa shape index (κ2) is 7.70. The lowest BCUT2D eigenvalue weighted by Crippen LogP contribution is -2.51. The molecule has 1 aliphatic rings. The van der Waals surface area contributed by atoms with E-state index in [1.807, 2.05) is 37.3 Å². The molecule has 7 nitrogen and oxygen atoms in total. The van der Waals surface area contributed by atoms with Crippen molar-refractivity contribution in [1.82, 2.24) is 9.88 Å². The quantitative estimate of drug-likeness (QED) is 0.881. The van der Waals surface area contributed by atoms with Crippen LogP contribution in [-0.2, 0) is 20.7 Å². The van der Waals surface area contributed by atoms with Gasteiger partial charge in [0.1, 0.15) is 0 Å². The van der Waals surface area contributed by atoms with Gasteiger partial charge in [0.15, 0.2) is 17.8 Å². The Hall–Kier alpha value is -2.67. The topological polar surface area (TPSA) is 92.9 Å². The van der Waals surface area contributed by atoms with Crippen molar-refractivity contribution in [3.05, 3.63) is 41.9 Å². The van der Waals surface area contributed by atoms with Gasteiger partial charge < -0.3 is 19.2 Å². The van der Waals surface area contributed by atoms with E-state index in [9.17, 15) is 9.59 Å². The highest BCUT2D eigenvalue weighted by molar-refractivity contribution is 5.79. The van der Waals surface area contributed by atoms with E-state index in [1.165, 1.54) is 0 Å². The Morgan fingerprint density at radius 1 is 1.27 bits per heavy atom. The molecule has 2 heterocycles. The van der Waals surface area contributed by atoms with Crippen LogP contribution in [0.4, 0.5) is 0 Å². The molecule has 1 aromatic heterocycles. The third-order valence-electron chi connectivity index (χ3n) is 4.32. The Balaban J connectivity index is 1.62. The van der Waals surface area contributed by atoms with Gasteiger partial charge >= 0.3 is 5.97 Å². The molecule has 26 heavy (non-hydrogen) atoms. The average Bonchev–Trinajstić information content (AvgIpc) is 3.00. The Bertz CT molecular complexity index is 786. The van der Waals surface area contributed by atoms with E-state index in [0.717, 1.165) is 11.3 Å². The maximum atomic E-state index is 12.5. The van der Waals surface area contributed by atoms with Crippen molar-refractivity contribution in [2.75, 3.05) is 13.1 Å². The van der Waals surface area contributed by atoms with Crippen molar-refractivity contribution in [3.63, 3.8) is 0 Å². The van der Waals surface area contributed by atoms with Crippen LogP contribution in [0.5, 0.6) is 0 Å². The van der Waals surface area contributed by atoms with E-state index in [-0.39, 0.29) is 25.0 Å². The van der Waals surface area contributed by atoms with Crippen LogP contribution in [0.2, 0.25) is 0 Å². The number of benzene rings is 1. The maximum absolute atomic E-state index is 12.5. The van der Waals surface area contributed by atoms with Gasteiger partial charge in [0, 0.05) is 24.9 Å². The fourth-order valence-corrected chi connectivity index (χ4v) is 3.08. The number of aryl methyl sites for hydroxylation is 2. The Morgan fingerprint density at radius 2 is 2.00 bits per heavy atom. The summed E-state index contributed by atoms with van der Waals surface area (Å²) in [5.74, 6) is 0.0403. The normalized spacial score (nSPS) is 20.2. The van der Waals surface area contributed by atoms with Gasteiger partial charge in [0.25, 0.3) is 0 Å². The molecule has 1 aromatic carbocycles. The number of nitrogens with zero attached hydrogens (tertiary/aromatic N) is 2. The second-order valence-corrected chi connectivity index (χ2v) is 6.46. The summed E-state index contributed by atoms with van der Waals surface area (Å²) in [4.78, 5) is 29.5. The van der Waals surface area contributed by atoms with Crippen molar-refractivity contribution in [2.45, 2.75) is 38.9 Å². The highest BCUT2D eigenvalue weighted by atomic mass is 16.5. The maximum Gasteiger partial charge on any atom is 0.334 e. The molecule has 3 rings (SSSR count). The van der Waals surface area contributed by atoms with Gasteiger partial charge in [0.05, 0.1) is 18.3 Å². The largest absolute Gasteiger partial charge is 0.479 e. The molecule has 138 valence electrons. The number of aliphatic carboxylic acids is 1.